The third-order valence-electron chi connectivity index (χ3n) is 5.03. The summed E-state index contributed by atoms with van der Waals surface area (Å²) in [5.74, 6) is -0.389. The van der Waals surface area contributed by atoms with E-state index in [4.69, 9.17) is 4.74 Å². The highest BCUT2D eigenvalue weighted by Gasteiger charge is 2.12. The van der Waals surface area contributed by atoms with Crippen LogP contribution >= 0.6 is 0 Å². The van der Waals surface area contributed by atoms with Gasteiger partial charge in [0.2, 0.25) is 0 Å². The minimum atomic E-state index is -0.413. The summed E-state index contributed by atoms with van der Waals surface area (Å²) in [7, 11) is 0. The fourth-order valence-corrected chi connectivity index (χ4v) is 3.30. The monoisotopic (exact) mass is 378 g/mol. The lowest BCUT2D eigenvalue weighted by Gasteiger charge is -2.10. The van der Waals surface area contributed by atoms with E-state index in [-0.39, 0.29) is 11.3 Å². The fraction of sp³-hybridized carbons (Fsp3) is 0.696. The van der Waals surface area contributed by atoms with E-state index in [1.807, 2.05) is 0 Å². The smallest absolute Gasteiger partial charge is 0.171 e. The molecule has 1 aromatic rings. The first-order valence-corrected chi connectivity index (χ1v) is 10.8. The van der Waals surface area contributed by atoms with Crippen LogP contribution in [0.4, 0.5) is 0 Å². The number of carbonyl (C=O) groups excluding carboxylic acids is 1. The first kappa shape index (κ1) is 23.3. The minimum absolute atomic E-state index is 0.0142. The molecule has 4 heteroatoms. The van der Waals surface area contributed by atoms with E-state index in [2.05, 4.69) is 6.92 Å². The summed E-state index contributed by atoms with van der Waals surface area (Å²) in [6.45, 7) is 2.78. The second-order valence-electron chi connectivity index (χ2n) is 7.41. The molecule has 0 aliphatic heterocycles. The van der Waals surface area contributed by atoms with E-state index < -0.39 is 5.75 Å². The van der Waals surface area contributed by atoms with Crippen LogP contribution in [0.3, 0.4) is 0 Å². The third-order valence-corrected chi connectivity index (χ3v) is 5.03. The normalized spacial score (nSPS) is 10.9. The van der Waals surface area contributed by atoms with Crippen molar-refractivity contribution in [2.24, 2.45) is 0 Å². The Labute approximate surface area is 164 Å². The highest BCUT2D eigenvalue weighted by atomic mass is 16.5. The summed E-state index contributed by atoms with van der Waals surface area (Å²) in [6.07, 6.45) is 18.8. The Morgan fingerprint density at radius 1 is 0.778 bits per heavy atom. The maximum absolute atomic E-state index is 11.0. The molecule has 0 aliphatic rings. The fourth-order valence-electron chi connectivity index (χ4n) is 3.30. The van der Waals surface area contributed by atoms with Gasteiger partial charge in [0.15, 0.2) is 17.8 Å². The molecule has 4 nitrogen and oxygen atoms in total. The predicted molar refractivity (Wildman–Crippen MR) is 111 cm³/mol. The van der Waals surface area contributed by atoms with E-state index in [9.17, 15) is 15.0 Å². The first-order valence-electron chi connectivity index (χ1n) is 10.8. The van der Waals surface area contributed by atoms with E-state index in [1.165, 1.54) is 89.2 Å². The molecule has 0 amide bonds. The predicted octanol–water partition coefficient (Wildman–Crippen LogP) is 6.77. The van der Waals surface area contributed by atoms with Gasteiger partial charge in [-0.25, -0.2) is 0 Å². The van der Waals surface area contributed by atoms with Crippen LogP contribution in [0, 0.1) is 0 Å². The number of phenols is 2. The molecule has 0 fully saturated rings. The Kier molecular flexibility index (Phi) is 13.3. The molecule has 0 heterocycles. The molecule has 2 N–H and O–H groups in total. The molecule has 0 atom stereocenters. The maximum atomic E-state index is 11.0. The van der Waals surface area contributed by atoms with Crippen LogP contribution in [0.1, 0.15) is 107 Å². The summed E-state index contributed by atoms with van der Waals surface area (Å²) in [5.41, 5.74) is 0.0142. The lowest BCUT2D eigenvalue weighted by atomic mass is 10.0. The quantitative estimate of drug-likeness (QED) is 0.178. The van der Waals surface area contributed by atoms with Gasteiger partial charge in [-0.1, -0.05) is 90.4 Å². The average molecular weight is 379 g/mol. The van der Waals surface area contributed by atoms with Gasteiger partial charge in [0, 0.05) is 0 Å². The molecule has 0 unspecified atom stereocenters. The maximum Gasteiger partial charge on any atom is 0.171 e. The van der Waals surface area contributed by atoms with Crippen LogP contribution in [0.15, 0.2) is 12.1 Å². The molecule has 0 bridgehead atoms. The standard InChI is InChI=1S/C23H38O4/c1-2-3-4-5-6-7-8-9-10-11-12-13-14-15-18-27-22-17-16-21(25)23(26)20(22)19-24/h16-17,19,25-26H,2-15,18H2,1H3. The molecular formula is C23H38O4. The molecule has 1 aromatic carbocycles. The van der Waals surface area contributed by atoms with Crippen LogP contribution in [0.5, 0.6) is 17.2 Å². The number of hydrogen-bond acceptors (Lipinski definition) is 4. The number of hydrogen-bond donors (Lipinski definition) is 2. The van der Waals surface area contributed by atoms with Crippen molar-refractivity contribution in [3.05, 3.63) is 17.7 Å². The van der Waals surface area contributed by atoms with Crippen molar-refractivity contribution < 1.29 is 19.7 Å². The van der Waals surface area contributed by atoms with Gasteiger partial charge in [0.05, 0.1) is 6.61 Å². The van der Waals surface area contributed by atoms with Crippen molar-refractivity contribution >= 4 is 6.29 Å². The number of aldehydes is 1. The molecule has 154 valence electrons. The second kappa shape index (κ2) is 15.4. The number of carbonyl (C=O) groups is 1. The average Bonchev–Trinajstić information content (AvgIpc) is 2.67. The zero-order valence-corrected chi connectivity index (χ0v) is 17.0. The molecule has 0 saturated heterocycles. The molecule has 0 radical (unpaired) electrons. The SMILES string of the molecule is CCCCCCCCCCCCCCCCOc1ccc(O)c(O)c1C=O. The molecule has 0 aliphatic carbocycles. The highest BCUT2D eigenvalue weighted by Crippen LogP contribution is 2.34. The topological polar surface area (TPSA) is 66.8 Å². The van der Waals surface area contributed by atoms with Gasteiger partial charge in [0.25, 0.3) is 0 Å². The summed E-state index contributed by atoms with van der Waals surface area (Å²) in [4.78, 5) is 11.0. The highest BCUT2D eigenvalue weighted by molar-refractivity contribution is 5.85. The molecular weight excluding hydrogens is 340 g/mol. The van der Waals surface area contributed by atoms with Crippen molar-refractivity contribution in [3.63, 3.8) is 0 Å². The van der Waals surface area contributed by atoms with Crippen LogP contribution in [-0.2, 0) is 0 Å². The van der Waals surface area contributed by atoms with Crippen molar-refractivity contribution in [1.29, 1.82) is 0 Å². The summed E-state index contributed by atoms with van der Waals surface area (Å²) < 4.78 is 5.57. The van der Waals surface area contributed by atoms with Crippen LogP contribution in [-0.4, -0.2) is 23.1 Å². The van der Waals surface area contributed by atoms with Crippen LogP contribution < -0.4 is 4.74 Å². The molecule has 0 aromatic heterocycles. The van der Waals surface area contributed by atoms with Gasteiger partial charge in [-0.2, -0.15) is 0 Å². The second-order valence-corrected chi connectivity index (χ2v) is 7.41. The molecule has 27 heavy (non-hydrogen) atoms. The van der Waals surface area contributed by atoms with Crippen LogP contribution in [0.25, 0.3) is 0 Å². The van der Waals surface area contributed by atoms with E-state index >= 15 is 0 Å². The zero-order chi connectivity index (χ0) is 19.7. The van der Waals surface area contributed by atoms with Gasteiger partial charge in [0.1, 0.15) is 11.3 Å². The van der Waals surface area contributed by atoms with E-state index in [0.717, 1.165) is 12.8 Å². The van der Waals surface area contributed by atoms with Gasteiger partial charge in [-0.15, -0.1) is 0 Å². The lowest BCUT2D eigenvalue weighted by molar-refractivity contribution is 0.111. The molecule has 0 saturated carbocycles. The van der Waals surface area contributed by atoms with Crippen molar-refractivity contribution in [1.82, 2.24) is 0 Å². The summed E-state index contributed by atoms with van der Waals surface area (Å²) >= 11 is 0. The van der Waals surface area contributed by atoms with Crippen LogP contribution in [0.2, 0.25) is 0 Å². The molecule has 0 spiro atoms. The Bertz CT molecular complexity index is 513. The van der Waals surface area contributed by atoms with Gasteiger partial charge >= 0.3 is 0 Å². The summed E-state index contributed by atoms with van der Waals surface area (Å²) in [5, 5.41) is 19.0. The number of ether oxygens (including phenoxy) is 1. The number of unbranched alkanes of at least 4 members (excludes halogenated alkanes) is 13. The Balaban J connectivity index is 1.94. The summed E-state index contributed by atoms with van der Waals surface area (Å²) in [6, 6.07) is 2.85. The first-order chi connectivity index (χ1) is 13.2. The third kappa shape index (κ3) is 10.3. The lowest BCUT2D eigenvalue weighted by Crippen LogP contribution is -2.00. The van der Waals surface area contributed by atoms with E-state index in [0.29, 0.717) is 18.6 Å². The van der Waals surface area contributed by atoms with Crippen molar-refractivity contribution in [3.8, 4) is 17.2 Å². The number of phenolic OH excluding ortho intramolecular Hbond substituents is 2. The number of rotatable bonds is 17. The minimum Gasteiger partial charge on any atom is -0.504 e. The van der Waals surface area contributed by atoms with E-state index in [1.54, 1.807) is 0 Å². The largest absolute Gasteiger partial charge is 0.504 e. The Morgan fingerprint density at radius 2 is 1.26 bits per heavy atom. The van der Waals surface area contributed by atoms with Gasteiger partial charge in [-0.3, -0.25) is 4.79 Å². The van der Waals surface area contributed by atoms with Crippen molar-refractivity contribution in [2.45, 2.75) is 96.8 Å². The van der Waals surface area contributed by atoms with Gasteiger partial charge < -0.3 is 14.9 Å². The number of aromatic hydroxyl groups is 2. The van der Waals surface area contributed by atoms with Crippen molar-refractivity contribution in [2.75, 3.05) is 6.61 Å². The zero-order valence-electron chi connectivity index (χ0n) is 17.0. The Hall–Kier alpha value is -1.71. The Morgan fingerprint density at radius 3 is 1.74 bits per heavy atom. The van der Waals surface area contributed by atoms with Gasteiger partial charge in [-0.05, 0) is 18.6 Å². The number of benzene rings is 1. The molecule has 1 rings (SSSR count).